The van der Waals surface area contributed by atoms with Crippen LogP contribution in [0.5, 0.6) is 11.5 Å². The molecule has 0 N–H and O–H groups in total. The Morgan fingerprint density at radius 1 is 1.07 bits per heavy atom. The highest BCUT2D eigenvalue weighted by Crippen LogP contribution is 2.30. The van der Waals surface area contributed by atoms with Crippen LogP contribution in [0.25, 0.3) is 10.9 Å². The Morgan fingerprint density at radius 3 is 2.43 bits per heavy atom. The number of aromatic nitrogens is 2. The lowest BCUT2D eigenvalue weighted by atomic mass is 9.91. The number of methoxy groups -OCH3 is 2. The molecule has 0 aliphatic carbocycles. The van der Waals surface area contributed by atoms with Gasteiger partial charge in [-0.1, -0.05) is 20.8 Å². The SMILES string of the molecule is COCCOCCOc1cc2ncn(CC(=O)C(C)(C)C)c(=O)c2cc1OC. The number of carbonyl (C=O) groups is 1. The average molecular weight is 392 g/mol. The van der Waals surface area contributed by atoms with Gasteiger partial charge in [-0.05, 0) is 6.07 Å². The number of hydrogen-bond acceptors (Lipinski definition) is 7. The van der Waals surface area contributed by atoms with Crippen molar-refractivity contribution >= 4 is 16.7 Å². The van der Waals surface area contributed by atoms with E-state index in [9.17, 15) is 9.59 Å². The maximum atomic E-state index is 12.8. The van der Waals surface area contributed by atoms with E-state index >= 15 is 0 Å². The predicted octanol–water partition coefficient (Wildman–Crippen LogP) is 2.06. The number of nitrogens with zero attached hydrogens (tertiary/aromatic N) is 2. The van der Waals surface area contributed by atoms with E-state index in [1.54, 1.807) is 19.2 Å². The van der Waals surface area contributed by atoms with Crippen LogP contribution in [0.1, 0.15) is 20.8 Å². The molecule has 0 aliphatic heterocycles. The van der Waals surface area contributed by atoms with Crippen LogP contribution in [0.2, 0.25) is 0 Å². The first-order valence-electron chi connectivity index (χ1n) is 9.08. The van der Waals surface area contributed by atoms with Gasteiger partial charge in [0, 0.05) is 18.6 Å². The summed E-state index contributed by atoms with van der Waals surface area (Å²) in [6, 6.07) is 3.24. The molecule has 0 unspecified atom stereocenters. The first-order valence-corrected chi connectivity index (χ1v) is 9.08. The lowest BCUT2D eigenvalue weighted by Crippen LogP contribution is -2.30. The van der Waals surface area contributed by atoms with Crippen LogP contribution in [-0.2, 0) is 20.8 Å². The van der Waals surface area contributed by atoms with Crippen molar-refractivity contribution in [1.82, 2.24) is 9.55 Å². The van der Waals surface area contributed by atoms with E-state index in [0.29, 0.717) is 48.8 Å². The van der Waals surface area contributed by atoms with Crippen molar-refractivity contribution in [3.8, 4) is 11.5 Å². The van der Waals surface area contributed by atoms with E-state index in [0.717, 1.165) is 0 Å². The van der Waals surface area contributed by atoms with Crippen molar-refractivity contribution in [2.75, 3.05) is 40.6 Å². The number of ether oxygens (including phenoxy) is 4. The lowest BCUT2D eigenvalue weighted by Gasteiger charge is -2.17. The summed E-state index contributed by atoms with van der Waals surface area (Å²) in [5, 5.41) is 0.366. The highest BCUT2D eigenvalue weighted by molar-refractivity contribution is 5.84. The molecular formula is C20H28N2O6. The van der Waals surface area contributed by atoms with Crippen molar-refractivity contribution in [3.05, 3.63) is 28.8 Å². The molecule has 1 aromatic carbocycles. The smallest absolute Gasteiger partial charge is 0.261 e. The summed E-state index contributed by atoms with van der Waals surface area (Å²) in [6.07, 6.45) is 1.39. The monoisotopic (exact) mass is 392 g/mol. The molecule has 8 heteroatoms. The molecule has 2 aromatic rings. The highest BCUT2D eigenvalue weighted by atomic mass is 16.5. The van der Waals surface area contributed by atoms with Gasteiger partial charge in [-0.3, -0.25) is 14.2 Å². The second-order valence-electron chi connectivity index (χ2n) is 7.32. The van der Waals surface area contributed by atoms with E-state index < -0.39 is 5.41 Å². The predicted molar refractivity (Wildman–Crippen MR) is 105 cm³/mol. The van der Waals surface area contributed by atoms with Gasteiger partial charge in [-0.15, -0.1) is 0 Å². The Kier molecular flexibility index (Phi) is 7.53. The van der Waals surface area contributed by atoms with Gasteiger partial charge in [0.2, 0.25) is 0 Å². The van der Waals surface area contributed by atoms with Gasteiger partial charge in [0.15, 0.2) is 17.3 Å². The fourth-order valence-corrected chi connectivity index (χ4v) is 2.40. The first-order chi connectivity index (χ1) is 13.3. The fraction of sp³-hybridized carbons (Fsp3) is 0.550. The molecule has 0 fully saturated rings. The maximum absolute atomic E-state index is 12.8. The van der Waals surface area contributed by atoms with Crippen molar-refractivity contribution in [1.29, 1.82) is 0 Å². The highest BCUT2D eigenvalue weighted by Gasteiger charge is 2.22. The van der Waals surface area contributed by atoms with E-state index in [-0.39, 0.29) is 17.9 Å². The average Bonchev–Trinajstić information content (AvgIpc) is 2.65. The minimum absolute atomic E-state index is 0.0232. The third-order valence-electron chi connectivity index (χ3n) is 4.18. The van der Waals surface area contributed by atoms with Crippen LogP contribution in [0.15, 0.2) is 23.3 Å². The molecule has 0 amide bonds. The van der Waals surface area contributed by atoms with Gasteiger partial charge in [0.05, 0.1) is 50.7 Å². The summed E-state index contributed by atoms with van der Waals surface area (Å²) in [7, 11) is 3.11. The summed E-state index contributed by atoms with van der Waals surface area (Å²) in [5.41, 5.74) is -0.356. The second-order valence-corrected chi connectivity index (χ2v) is 7.32. The molecule has 2 rings (SSSR count). The summed E-state index contributed by atoms with van der Waals surface area (Å²) in [5.74, 6) is 0.847. The Hall–Kier alpha value is -2.45. The largest absolute Gasteiger partial charge is 0.493 e. The normalized spacial score (nSPS) is 11.6. The van der Waals surface area contributed by atoms with Gasteiger partial charge >= 0.3 is 0 Å². The molecule has 0 bridgehead atoms. The Balaban J connectivity index is 2.21. The summed E-state index contributed by atoms with van der Waals surface area (Å²) < 4.78 is 22.6. The molecule has 0 atom stereocenters. The lowest BCUT2D eigenvalue weighted by molar-refractivity contribution is -0.126. The Morgan fingerprint density at radius 2 is 1.79 bits per heavy atom. The zero-order chi connectivity index (χ0) is 20.7. The van der Waals surface area contributed by atoms with E-state index in [1.165, 1.54) is 18.0 Å². The zero-order valence-electron chi connectivity index (χ0n) is 17.1. The van der Waals surface area contributed by atoms with Crippen LogP contribution in [0, 0.1) is 5.41 Å². The number of Topliss-reactive ketones (excluding diaryl/α,β-unsaturated/α-hetero) is 1. The van der Waals surface area contributed by atoms with Gasteiger partial charge in [-0.2, -0.15) is 0 Å². The third kappa shape index (κ3) is 5.53. The van der Waals surface area contributed by atoms with Gasteiger partial charge in [0.1, 0.15) is 6.61 Å². The standard InChI is InChI=1S/C20H28N2O6/c1-20(2,3)18(23)12-22-13-21-15-11-17(28-9-8-27-7-6-25-4)16(26-5)10-14(15)19(22)24/h10-11,13H,6-9,12H2,1-5H3. The Bertz CT molecular complexity index is 869. The minimum atomic E-state index is -0.533. The van der Waals surface area contributed by atoms with Crippen LogP contribution in [0.4, 0.5) is 0 Å². The number of ketones is 1. The first kappa shape index (κ1) is 21.8. The Labute approximate surface area is 164 Å². The van der Waals surface area contributed by atoms with Crippen molar-refractivity contribution in [2.24, 2.45) is 5.41 Å². The van der Waals surface area contributed by atoms with Gasteiger partial charge < -0.3 is 18.9 Å². The molecular weight excluding hydrogens is 364 g/mol. The van der Waals surface area contributed by atoms with Crippen LogP contribution in [-0.4, -0.2) is 56.0 Å². The number of fused-ring (bicyclic) bond motifs is 1. The molecule has 1 aromatic heterocycles. The third-order valence-corrected chi connectivity index (χ3v) is 4.18. The molecule has 0 radical (unpaired) electrons. The van der Waals surface area contributed by atoms with E-state index in [2.05, 4.69) is 4.98 Å². The van der Waals surface area contributed by atoms with Crippen LogP contribution in [0.3, 0.4) is 0 Å². The van der Waals surface area contributed by atoms with Crippen LogP contribution < -0.4 is 15.0 Å². The number of hydrogen-bond donors (Lipinski definition) is 0. The van der Waals surface area contributed by atoms with Gasteiger partial charge in [-0.25, -0.2) is 4.98 Å². The molecule has 0 spiro atoms. The van der Waals surface area contributed by atoms with Crippen molar-refractivity contribution in [3.63, 3.8) is 0 Å². The number of rotatable bonds is 10. The van der Waals surface area contributed by atoms with Crippen molar-refractivity contribution in [2.45, 2.75) is 27.3 Å². The topological polar surface area (TPSA) is 88.9 Å². The molecule has 1 heterocycles. The summed E-state index contributed by atoms with van der Waals surface area (Å²) in [6.45, 7) is 7.17. The zero-order valence-corrected chi connectivity index (χ0v) is 17.1. The molecule has 8 nitrogen and oxygen atoms in total. The summed E-state index contributed by atoms with van der Waals surface area (Å²) >= 11 is 0. The van der Waals surface area contributed by atoms with Gasteiger partial charge in [0.25, 0.3) is 5.56 Å². The molecule has 0 aliphatic rings. The number of benzene rings is 1. The van der Waals surface area contributed by atoms with Crippen LogP contribution >= 0.6 is 0 Å². The minimum Gasteiger partial charge on any atom is -0.493 e. The maximum Gasteiger partial charge on any atom is 0.261 e. The van der Waals surface area contributed by atoms with Crippen molar-refractivity contribution < 1.29 is 23.7 Å². The fourth-order valence-electron chi connectivity index (χ4n) is 2.40. The molecule has 28 heavy (non-hydrogen) atoms. The second kappa shape index (κ2) is 9.66. The quantitative estimate of drug-likeness (QED) is 0.572. The summed E-state index contributed by atoms with van der Waals surface area (Å²) in [4.78, 5) is 29.3. The van der Waals surface area contributed by atoms with E-state index in [1.807, 2.05) is 20.8 Å². The number of carbonyl (C=O) groups excluding carboxylic acids is 1. The molecule has 0 saturated carbocycles. The molecule has 154 valence electrons. The molecule has 0 saturated heterocycles. The van der Waals surface area contributed by atoms with E-state index in [4.69, 9.17) is 18.9 Å².